The lowest BCUT2D eigenvalue weighted by atomic mass is 10.2. The van der Waals surface area contributed by atoms with Gasteiger partial charge in [-0.1, -0.05) is 12.1 Å². The Bertz CT molecular complexity index is 616. The van der Waals surface area contributed by atoms with Crippen LogP contribution in [0.15, 0.2) is 34.5 Å². The molecule has 1 aromatic heterocycles. The Morgan fingerprint density at radius 3 is 2.69 bits per heavy atom. The predicted molar refractivity (Wildman–Crippen MR) is 62.1 cm³/mol. The zero-order valence-corrected chi connectivity index (χ0v) is 10.0. The first kappa shape index (κ1) is 11.3. The van der Waals surface area contributed by atoms with E-state index < -0.39 is 10.1 Å². The van der Waals surface area contributed by atoms with Gasteiger partial charge in [0.1, 0.15) is 0 Å². The molecule has 0 atom stereocenters. The molecule has 0 saturated heterocycles. The normalized spacial score (nSPS) is 11.6. The maximum Gasteiger partial charge on any atom is 0.294 e. The summed E-state index contributed by atoms with van der Waals surface area (Å²) in [6, 6.07) is 6.08. The van der Waals surface area contributed by atoms with Crippen LogP contribution < -0.4 is 0 Å². The molecule has 6 heteroatoms. The summed E-state index contributed by atoms with van der Waals surface area (Å²) in [4.78, 5) is 4.13. The van der Waals surface area contributed by atoms with Gasteiger partial charge in [-0.05, 0) is 19.1 Å². The minimum Gasteiger partial charge on any atom is -0.282 e. The van der Waals surface area contributed by atoms with Crippen molar-refractivity contribution in [3.05, 3.63) is 34.7 Å². The minimum absolute atomic E-state index is 0.115. The highest BCUT2D eigenvalue weighted by Crippen LogP contribution is 2.23. The predicted octanol–water partition coefficient (Wildman–Crippen LogP) is 2.37. The van der Waals surface area contributed by atoms with Crippen molar-refractivity contribution < 1.29 is 13.0 Å². The molecule has 0 aliphatic carbocycles. The Morgan fingerprint density at radius 1 is 1.38 bits per heavy atom. The highest BCUT2D eigenvalue weighted by molar-refractivity contribution is 7.85. The maximum absolute atomic E-state index is 11.0. The lowest BCUT2D eigenvalue weighted by Crippen LogP contribution is -1.97. The summed E-state index contributed by atoms with van der Waals surface area (Å²) < 4.78 is 30.8. The van der Waals surface area contributed by atoms with Crippen molar-refractivity contribution in [2.45, 2.75) is 11.8 Å². The van der Waals surface area contributed by atoms with Gasteiger partial charge >= 0.3 is 0 Å². The van der Waals surface area contributed by atoms with Gasteiger partial charge in [0.05, 0.1) is 15.6 Å². The van der Waals surface area contributed by atoms with Gasteiger partial charge in [-0.3, -0.25) is 4.55 Å². The number of nitrogens with zero attached hydrogens (tertiary/aromatic N) is 1. The Hall–Kier alpha value is -1.24. The fraction of sp³-hybridized carbons (Fsp3) is 0.100. The molecule has 1 aromatic carbocycles. The molecule has 0 bridgehead atoms. The lowest BCUT2D eigenvalue weighted by molar-refractivity contribution is 0.483. The summed E-state index contributed by atoms with van der Waals surface area (Å²) in [6.07, 6.45) is 0. The van der Waals surface area contributed by atoms with Crippen molar-refractivity contribution in [1.82, 2.24) is 4.98 Å². The third kappa shape index (κ3) is 2.29. The van der Waals surface area contributed by atoms with E-state index in [9.17, 15) is 8.42 Å². The van der Waals surface area contributed by atoms with Crippen molar-refractivity contribution in [2.24, 2.45) is 0 Å². The van der Waals surface area contributed by atoms with Crippen LogP contribution in [0.5, 0.6) is 0 Å². The van der Waals surface area contributed by atoms with Crippen molar-refractivity contribution in [2.75, 3.05) is 0 Å². The molecule has 1 N–H and O–H groups in total. The summed E-state index contributed by atoms with van der Waals surface area (Å²) in [5, 5.41) is 2.76. The molecule has 0 unspecified atom stereocenters. The smallest absolute Gasteiger partial charge is 0.282 e. The lowest BCUT2D eigenvalue weighted by Gasteiger charge is -1.99. The number of hydrogen-bond donors (Lipinski definition) is 1. The number of aryl methyl sites for hydroxylation is 1. The van der Waals surface area contributed by atoms with Crippen LogP contribution in [0.4, 0.5) is 0 Å². The first-order valence-corrected chi connectivity index (χ1v) is 6.79. The molecule has 2 aromatic rings. The Balaban J connectivity index is 2.52. The first-order chi connectivity index (χ1) is 7.47. The molecule has 0 amide bonds. The quantitative estimate of drug-likeness (QED) is 0.836. The van der Waals surface area contributed by atoms with Crippen LogP contribution in [-0.2, 0) is 10.1 Å². The van der Waals surface area contributed by atoms with Crippen LogP contribution in [0.25, 0.3) is 11.3 Å². The molecule has 2 rings (SSSR count). The van der Waals surface area contributed by atoms with E-state index in [-0.39, 0.29) is 4.90 Å². The topological polar surface area (TPSA) is 67.3 Å². The van der Waals surface area contributed by atoms with Crippen LogP contribution in [0, 0.1) is 6.92 Å². The molecule has 16 heavy (non-hydrogen) atoms. The van der Waals surface area contributed by atoms with E-state index in [1.807, 2.05) is 12.3 Å². The van der Waals surface area contributed by atoms with Crippen LogP contribution in [0.3, 0.4) is 0 Å². The standard InChI is InChI=1S/C10H9NO3S2/c1-7-11-10(6-15-7)8-3-2-4-9(5-8)16(12,13)14/h2-6H,1H3,(H,12,13,14). The fourth-order valence-electron chi connectivity index (χ4n) is 1.31. The van der Waals surface area contributed by atoms with Crippen LogP contribution in [0.1, 0.15) is 5.01 Å². The number of hydrogen-bond acceptors (Lipinski definition) is 4. The second kappa shape index (κ2) is 3.97. The summed E-state index contributed by atoms with van der Waals surface area (Å²) in [5.74, 6) is 0. The molecule has 0 aliphatic heterocycles. The molecule has 4 nitrogen and oxygen atoms in total. The average Bonchev–Trinajstić information content (AvgIpc) is 2.64. The van der Waals surface area contributed by atoms with Gasteiger partial charge in [-0.15, -0.1) is 11.3 Å². The Labute approximate surface area is 97.3 Å². The van der Waals surface area contributed by atoms with E-state index in [0.29, 0.717) is 11.3 Å². The van der Waals surface area contributed by atoms with Gasteiger partial charge in [0.25, 0.3) is 10.1 Å². The average molecular weight is 255 g/mol. The van der Waals surface area contributed by atoms with E-state index in [2.05, 4.69) is 4.98 Å². The minimum atomic E-state index is -4.15. The van der Waals surface area contributed by atoms with Crippen molar-refractivity contribution in [1.29, 1.82) is 0 Å². The van der Waals surface area contributed by atoms with Gasteiger partial charge in [0, 0.05) is 10.9 Å². The molecular formula is C10H9NO3S2. The van der Waals surface area contributed by atoms with Crippen molar-refractivity contribution >= 4 is 21.5 Å². The Morgan fingerprint density at radius 2 is 2.12 bits per heavy atom. The highest BCUT2D eigenvalue weighted by Gasteiger charge is 2.11. The summed E-state index contributed by atoms with van der Waals surface area (Å²) in [6.45, 7) is 1.88. The van der Waals surface area contributed by atoms with E-state index in [0.717, 1.165) is 5.01 Å². The van der Waals surface area contributed by atoms with E-state index in [1.54, 1.807) is 12.1 Å². The van der Waals surface area contributed by atoms with E-state index >= 15 is 0 Å². The third-order valence-corrected chi connectivity index (χ3v) is 3.67. The zero-order chi connectivity index (χ0) is 11.8. The Kier molecular flexibility index (Phi) is 2.79. The van der Waals surface area contributed by atoms with Gasteiger partial charge in [-0.25, -0.2) is 4.98 Å². The number of aromatic nitrogens is 1. The van der Waals surface area contributed by atoms with Crippen LogP contribution in [0.2, 0.25) is 0 Å². The molecule has 1 heterocycles. The molecule has 84 valence electrons. The number of benzene rings is 1. The summed E-state index contributed by atoms with van der Waals surface area (Å²) in [5.41, 5.74) is 1.40. The van der Waals surface area contributed by atoms with Crippen LogP contribution >= 0.6 is 11.3 Å². The molecule has 0 radical (unpaired) electrons. The SMILES string of the molecule is Cc1nc(-c2cccc(S(=O)(=O)O)c2)cs1. The fourth-order valence-corrected chi connectivity index (χ4v) is 2.46. The second-order valence-electron chi connectivity index (χ2n) is 3.25. The van der Waals surface area contributed by atoms with Crippen LogP contribution in [-0.4, -0.2) is 18.0 Å². The van der Waals surface area contributed by atoms with Gasteiger partial charge in [0.2, 0.25) is 0 Å². The molecular weight excluding hydrogens is 246 g/mol. The molecule has 0 spiro atoms. The van der Waals surface area contributed by atoms with Crippen molar-refractivity contribution in [3.63, 3.8) is 0 Å². The number of thiazole rings is 1. The summed E-state index contributed by atoms with van der Waals surface area (Å²) >= 11 is 1.49. The second-order valence-corrected chi connectivity index (χ2v) is 5.74. The van der Waals surface area contributed by atoms with Gasteiger partial charge < -0.3 is 0 Å². The van der Waals surface area contributed by atoms with Gasteiger partial charge in [-0.2, -0.15) is 8.42 Å². The third-order valence-electron chi connectivity index (χ3n) is 2.05. The number of rotatable bonds is 2. The summed E-state index contributed by atoms with van der Waals surface area (Å²) in [7, 11) is -4.15. The maximum atomic E-state index is 11.0. The molecule has 0 aliphatic rings. The monoisotopic (exact) mass is 255 g/mol. The van der Waals surface area contributed by atoms with Crippen molar-refractivity contribution in [3.8, 4) is 11.3 Å². The highest BCUT2D eigenvalue weighted by atomic mass is 32.2. The first-order valence-electron chi connectivity index (χ1n) is 4.47. The van der Waals surface area contributed by atoms with Gasteiger partial charge in [0.15, 0.2) is 0 Å². The largest absolute Gasteiger partial charge is 0.294 e. The zero-order valence-electron chi connectivity index (χ0n) is 8.41. The molecule has 0 fully saturated rings. The van der Waals surface area contributed by atoms with E-state index in [4.69, 9.17) is 4.55 Å². The van der Waals surface area contributed by atoms with E-state index in [1.165, 1.54) is 23.5 Å². The molecule has 0 saturated carbocycles.